The second-order valence-corrected chi connectivity index (χ2v) is 6.17. The van der Waals surface area contributed by atoms with E-state index in [-0.39, 0.29) is 30.7 Å². The standard InChI is InChI=1S/C16H24N4O2.2ClH/c1-16(6-2-3-7-18-16)15(21)19-13-4-5-14(17-12-13)20-8-10-22-11-9-20;;/h4-5,12,18H,2-3,6-11H2,1H3,(H,19,21);2*1H. The summed E-state index contributed by atoms with van der Waals surface area (Å²) in [5.74, 6) is 0.955. The molecule has 0 radical (unpaired) electrons. The van der Waals surface area contributed by atoms with Gasteiger partial charge in [-0.25, -0.2) is 4.98 Å². The van der Waals surface area contributed by atoms with Crippen molar-refractivity contribution in [1.82, 2.24) is 10.3 Å². The summed E-state index contributed by atoms with van der Waals surface area (Å²) in [6, 6.07) is 3.87. The second-order valence-electron chi connectivity index (χ2n) is 6.17. The molecule has 1 atom stereocenters. The van der Waals surface area contributed by atoms with Crippen LogP contribution in [0.4, 0.5) is 11.5 Å². The van der Waals surface area contributed by atoms with E-state index in [2.05, 4.69) is 20.5 Å². The summed E-state index contributed by atoms with van der Waals surface area (Å²) in [7, 11) is 0. The molecule has 0 aromatic carbocycles. The molecule has 0 aliphatic carbocycles. The van der Waals surface area contributed by atoms with E-state index in [1.165, 1.54) is 0 Å². The summed E-state index contributed by atoms with van der Waals surface area (Å²) in [4.78, 5) is 19.1. The topological polar surface area (TPSA) is 66.5 Å². The lowest BCUT2D eigenvalue weighted by atomic mass is 9.90. The molecule has 6 nitrogen and oxygen atoms in total. The van der Waals surface area contributed by atoms with Crippen molar-refractivity contribution in [3.05, 3.63) is 18.3 Å². The fourth-order valence-corrected chi connectivity index (χ4v) is 2.96. The maximum atomic E-state index is 12.4. The second kappa shape index (κ2) is 9.42. The summed E-state index contributed by atoms with van der Waals surface area (Å²) in [5, 5.41) is 6.30. The number of hydrogen-bond acceptors (Lipinski definition) is 5. The zero-order valence-electron chi connectivity index (χ0n) is 13.9. The van der Waals surface area contributed by atoms with Gasteiger partial charge in [0.25, 0.3) is 0 Å². The van der Waals surface area contributed by atoms with E-state index in [0.717, 1.165) is 63.6 Å². The Morgan fingerprint density at radius 3 is 2.62 bits per heavy atom. The minimum absolute atomic E-state index is 0. The number of hydrogen-bond donors (Lipinski definition) is 2. The first-order chi connectivity index (χ1) is 10.7. The van der Waals surface area contributed by atoms with Crippen LogP contribution in [-0.4, -0.2) is 49.3 Å². The van der Waals surface area contributed by atoms with Gasteiger partial charge in [0.1, 0.15) is 5.82 Å². The predicted octanol–water partition coefficient (Wildman–Crippen LogP) is 2.23. The molecule has 0 bridgehead atoms. The number of pyridine rings is 1. The summed E-state index contributed by atoms with van der Waals surface area (Å²) in [6.07, 6.45) is 4.83. The largest absolute Gasteiger partial charge is 0.378 e. The number of nitrogens with zero attached hydrogens (tertiary/aromatic N) is 2. The van der Waals surface area contributed by atoms with E-state index in [1.54, 1.807) is 6.20 Å². The van der Waals surface area contributed by atoms with Crippen LogP contribution in [0.15, 0.2) is 18.3 Å². The average molecular weight is 377 g/mol. The van der Waals surface area contributed by atoms with E-state index in [4.69, 9.17) is 4.74 Å². The van der Waals surface area contributed by atoms with E-state index in [1.807, 2.05) is 19.1 Å². The Morgan fingerprint density at radius 2 is 2.04 bits per heavy atom. The molecular weight excluding hydrogens is 351 g/mol. The van der Waals surface area contributed by atoms with Crippen molar-refractivity contribution >= 4 is 42.2 Å². The highest BCUT2D eigenvalue weighted by Crippen LogP contribution is 2.21. The molecule has 3 rings (SSSR count). The van der Waals surface area contributed by atoms with Crippen molar-refractivity contribution in [2.75, 3.05) is 43.1 Å². The highest BCUT2D eigenvalue weighted by atomic mass is 35.5. The van der Waals surface area contributed by atoms with Gasteiger partial charge in [-0.1, -0.05) is 0 Å². The number of carbonyl (C=O) groups is 1. The van der Waals surface area contributed by atoms with Gasteiger partial charge in [-0.05, 0) is 44.9 Å². The fraction of sp³-hybridized carbons (Fsp3) is 0.625. The van der Waals surface area contributed by atoms with Crippen LogP contribution in [0.5, 0.6) is 0 Å². The van der Waals surface area contributed by atoms with E-state index in [0.29, 0.717) is 0 Å². The van der Waals surface area contributed by atoms with Crippen LogP contribution < -0.4 is 15.5 Å². The minimum Gasteiger partial charge on any atom is -0.378 e. The van der Waals surface area contributed by atoms with Crippen molar-refractivity contribution in [3.63, 3.8) is 0 Å². The number of rotatable bonds is 3. The van der Waals surface area contributed by atoms with Gasteiger partial charge in [0.05, 0.1) is 30.6 Å². The molecule has 0 spiro atoms. The molecule has 2 aliphatic heterocycles. The predicted molar refractivity (Wildman–Crippen MR) is 101 cm³/mol. The Kier molecular flexibility index (Phi) is 8.22. The quantitative estimate of drug-likeness (QED) is 0.846. The molecule has 2 aliphatic rings. The number of carbonyl (C=O) groups excluding carboxylic acids is 1. The van der Waals surface area contributed by atoms with Crippen molar-refractivity contribution in [1.29, 1.82) is 0 Å². The Bertz CT molecular complexity index is 515. The molecule has 136 valence electrons. The monoisotopic (exact) mass is 376 g/mol. The summed E-state index contributed by atoms with van der Waals surface area (Å²) in [5.41, 5.74) is 0.275. The number of halogens is 2. The molecule has 1 aromatic heterocycles. The Balaban J connectivity index is 0.00000144. The van der Waals surface area contributed by atoms with E-state index < -0.39 is 5.54 Å². The molecule has 2 N–H and O–H groups in total. The number of anilines is 2. The average Bonchev–Trinajstić information content (AvgIpc) is 2.57. The maximum absolute atomic E-state index is 12.4. The van der Waals surface area contributed by atoms with Crippen molar-refractivity contribution in [2.45, 2.75) is 31.7 Å². The molecular formula is C16H26Cl2N4O2. The number of ether oxygens (including phenoxy) is 1. The van der Waals surface area contributed by atoms with Crippen LogP contribution in [-0.2, 0) is 9.53 Å². The van der Waals surface area contributed by atoms with Crippen LogP contribution >= 0.6 is 24.8 Å². The molecule has 24 heavy (non-hydrogen) atoms. The van der Waals surface area contributed by atoms with Crippen LogP contribution in [0.1, 0.15) is 26.2 Å². The molecule has 8 heteroatoms. The van der Waals surface area contributed by atoms with Crippen molar-refractivity contribution in [3.8, 4) is 0 Å². The lowest BCUT2D eigenvalue weighted by Crippen LogP contribution is -2.54. The summed E-state index contributed by atoms with van der Waals surface area (Å²) >= 11 is 0. The summed E-state index contributed by atoms with van der Waals surface area (Å²) in [6.45, 7) is 6.07. The van der Waals surface area contributed by atoms with Gasteiger partial charge in [0, 0.05) is 13.1 Å². The Hall–Kier alpha value is -1.08. The van der Waals surface area contributed by atoms with Crippen LogP contribution in [0, 0.1) is 0 Å². The SMILES string of the molecule is CC1(C(=O)Nc2ccc(N3CCOCC3)nc2)CCCCN1.Cl.Cl. The highest BCUT2D eigenvalue weighted by molar-refractivity contribution is 5.97. The van der Waals surface area contributed by atoms with Gasteiger partial charge in [-0.3, -0.25) is 4.79 Å². The molecule has 1 unspecified atom stereocenters. The maximum Gasteiger partial charge on any atom is 0.244 e. The zero-order valence-corrected chi connectivity index (χ0v) is 15.5. The van der Waals surface area contributed by atoms with E-state index in [9.17, 15) is 4.79 Å². The number of morpholine rings is 1. The summed E-state index contributed by atoms with van der Waals surface area (Å²) < 4.78 is 5.34. The lowest BCUT2D eigenvalue weighted by Gasteiger charge is -2.33. The van der Waals surface area contributed by atoms with Gasteiger partial charge in [0.15, 0.2) is 0 Å². The van der Waals surface area contributed by atoms with Gasteiger partial charge >= 0.3 is 0 Å². The fourth-order valence-electron chi connectivity index (χ4n) is 2.96. The Morgan fingerprint density at radius 1 is 1.29 bits per heavy atom. The normalized spacial score (nSPS) is 23.6. The van der Waals surface area contributed by atoms with Crippen molar-refractivity contribution < 1.29 is 9.53 Å². The van der Waals surface area contributed by atoms with Gasteiger partial charge in [-0.15, -0.1) is 24.8 Å². The number of nitrogens with one attached hydrogen (secondary N) is 2. The number of amides is 1. The first-order valence-corrected chi connectivity index (χ1v) is 8.03. The third-order valence-corrected chi connectivity index (χ3v) is 4.46. The molecule has 2 fully saturated rings. The lowest BCUT2D eigenvalue weighted by molar-refractivity contribution is -0.122. The van der Waals surface area contributed by atoms with Gasteiger partial charge in [-0.2, -0.15) is 0 Å². The molecule has 0 saturated carbocycles. The Labute approximate surface area is 155 Å². The van der Waals surface area contributed by atoms with Crippen LogP contribution in [0.2, 0.25) is 0 Å². The molecule has 1 amide bonds. The third kappa shape index (κ3) is 4.96. The first-order valence-electron chi connectivity index (χ1n) is 8.03. The van der Waals surface area contributed by atoms with Crippen molar-refractivity contribution in [2.24, 2.45) is 0 Å². The van der Waals surface area contributed by atoms with Crippen LogP contribution in [0.25, 0.3) is 0 Å². The highest BCUT2D eigenvalue weighted by Gasteiger charge is 2.34. The zero-order chi connectivity index (χ0) is 15.4. The minimum atomic E-state index is -0.471. The first kappa shape index (κ1) is 21.0. The van der Waals surface area contributed by atoms with Crippen LogP contribution in [0.3, 0.4) is 0 Å². The molecule has 2 saturated heterocycles. The van der Waals surface area contributed by atoms with E-state index >= 15 is 0 Å². The van der Waals surface area contributed by atoms with Gasteiger partial charge in [0.2, 0.25) is 5.91 Å². The third-order valence-electron chi connectivity index (χ3n) is 4.46. The molecule has 1 aromatic rings. The smallest absolute Gasteiger partial charge is 0.244 e. The number of aromatic nitrogens is 1. The number of piperidine rings is 1. The van der Waals surface area contributed by atoms with Gasteiger partial charge < -0.3 is 20.3 Å². The molecule has 3 heterocycles.